The molecular weight excluding hydrogens is 200 g/mol. The van der Waals surface area contributed by atoms with E-state index in [2.05, 4.69) is 4.98 Å². The van der Waals surface area contributed by atoms with Gasteiger partial charge in [0.25, 0.3) is 5.19 Å². The van der Waals surface area contributed by atoms with E-state index < -0.39 is 0 Å². The summed E-state index contributed by atoms with van der Waals surface area (Å²) < 4.78 is 10.7. The van der Waals surface area contributed by atoms with Crippen molar-refractivity contribution in [3.05, 3.63) is 11.1 Å². The Labute approximate surface area is 87.0 Å². The summed E-state index contributed by atoms with van der Waals surface area (Å²) in [5.74, 6) is 0. The molecule has 2 N–H and O–H groups in total. The van der Waals surface area contributed by atoms with Crippen molar-refractivity contribution < 1.29 is 9.47 Å². The normalized spacial score (nSPS) is 27.6. The Morgan fingerprint density at radius 1 is 1.71 bits per heavy atom. The van der Waals surface area contributed by atoms with Crippen LogP contribution < -0.4 is 10.5 Å². The number of rotatable bonds is 2. The van der Waals surface area contributed by atoms with Crippen molar-refractivity contribution in [3.8, 4) is 5.19 Å². The molecule has 0 aromatic carbocycles. The summed E-state index contributed by atoms with van der Waals surface area (Å²) in [4.78, 5) is 5.17. The molecule has 1 aliphatic heterocycles. The van der Waals surface area contributed by atoms with Gasteiger partial charge in [-0.25, -0.2) is 4.98 Å². The van der Waals surface area contributed by atoms with Crippen LogP contribution in [0.4, 0.5) is 0 Å². The first-order chi connectivity index (χ1) is 6.81. The number of aromatic nitrogens is 1. The first kappa shape index (κ1) is 9.89. The second kappa shape index (κ2) is 4.25. The molecule has 0 radical (unpaired) electrons. The molecule has 1 saturated heterocycles. The van der Waals surface area contributed by atoms with E-state index in [4.69, 9.17) is 15.2 Å². The van der Waals surface area contributed by atoms with E-state index in [1.807, 2.05) is 0 Å². The number of nitrogens with two attached hydrogens (primary N) is 1. The van der Waals surface area contributed by atoms with Crippen molar-refractivity contribution in [2.75, 3.05) is 13.7 Å². The summed E-state index contributed by atoms with van der Waals surface area (Å²) >= 11 is 1.50. The van der Waals surface area contributed by atoms with Crippen molar-refractivity contribution in [2.24, 2.45) is 5.73 Å². The minimum absolute atomic E-state index is 0.00477. The van der Waals surface area contributed by atoms with Crippen molar-refractivity contribution in [1.29, 1.82) is 0 Å². The van der Waals surface area contributed by atoms with Crippen LogP contribution in [0.25, 0.3) is 0 Å². The standard InChI is InChI=1S/C9H14N2O2S/c1-12-9-11-5-7(14-9)8-6(10)3-2-4-13-8/h5-6,8H,2-4,10H2,1H3. The Bertz CT molecular complexity index is 303. The van der Waals surface area contributed by atoms with Gasteiger partial charge in [-0.2, -0.15) is 0 Å². The second-order valence-corrected chi connectivity index (χ2v) is 4.35. The lowest BCUT2D eigenvalue weighted by molar-refractivity contribution is 0.00223. The first-order valence-electron chi connectivity index (χ1n) is 4.68. The zero-order valence-electron chi connectivity index (χ0n) is 8.10. The maximum Gasteiger partial charge on any atom is 0.273 e. The van der Waals surface area contributed by atoms with E-state index in [0.29, 0.717) is 5.19 Å². The van der Waals surface area contributed by atoms with Gasteiger partial charge >= 0.3 is 0 Å². The summed E-state index contributed by atoms with van der Waals surface area (Å²) in [6, 6.07) is 0.0916. The van der Waals surface area contributed by atoms with Gasteiger partial charge in [0.05, 0.1) is 12.0 Å². The molecule has 1 aromatic heterocycles. The largest absolute Gasteiger partial charge is 0.473 e. The fourth-order valence-corrected chi connectivity index (χ4v) is 2.45. The molecular formula is C9H14N2O2S. The lowest BCUT2D eigenvalue weighted by Crippen LogP contribution is -2.33. The Hall–Kier alpha value is -0.650. The third kappa shape index (κ3) is 1.89. The van der Waals surface area contributed by atoms with Gasteiger partial charge in [0.1, 0.15) is 6.10 Å². The molecule has 0 amide bonds. The van der Waals surface area contributed by atoms with Gasteiger partial charge < -0.3 is 15.2 Å². The topological polar surface area (TPSA) is 57.4 Å². The van der Waals surface area contributed by atoms with Crippen molar-refractivity contribution in [2.45, 2.75) is 25.0 Å². The quantitative estimate of drug-likeness (QED) is 0.807. The minimum atomic E-state index is 0.00477. The fourth-order valence-electron chi connectivity index (χ4n) is 1.59. The molecule has 1 aromatic rings. The van der Waals surface area contributed by atoms with Crippen molar-refractivity contribution >= 4 is 11.3 Å². The molecule has 4 nitrogen and oxygen atoms in total. The van der Waals surface area contributed by atoms with Crippen LogP contribution in [0.2, 0.25) is 0 Å². The van der Waals surface area contributed by atoms with E-state index in [1.165, 1.54) is 11.3 Å². The van der Waals surface area contributed by atoms with Crippen molar-refractivity contribution in [1.82, 2.24) is 4.98 Å². The highest BCUT2D eigenvalue weighted by molar-refractivity contribution is 7.13. The number of nitrogens with zero attached hydrogens (tertiary/aromatic N) is 1. The lowest BCUT2D eigenvalue weighted by Gasteiger charge is -2.27. The van der Waals surface area contributed by atoms with Crippen LogP contribution in [0.3, 0.4) is 0 Å². The minimum Gasteiger partial charge on any atom is -0.473 e. The lowest BCUT2D eigenvalue weighted by atomic mass is 10.0. The maximum absolute atomic E-state index is 5.97. The maximum atomic E-state index is 5.97. The highest BCUT2D eigenvalue weighted by atomic mass is 32.1. The molecule has 0 spiro atoms. The first-order valence-corrected chi connectivity index (χ1v) is 5.50. The fraction of sp³-hybridized carbons (Fsp3) is 0.667. The number of ether oxygens (including phenoxy) is 2. The zero-order valence-corrected chi connectivity index (χ0v) is 8.92. The van der Waals surface area contributed by atoms with E-state index >= 15 is 0 Å². The molecule has 2 rings (SSSR count). The van der Waals surface area contributed by atoms with Crippen LogP contribution in [0.15, 0.2) is 6.20 Å². The summed E-state index contributed by atoms with van der Waals surface area (Å²) in [6.45, 7) is 0.790. The van der Waals surface area contributed by atoms with E-state index in [0.717, 1.165) is 24.3 Å². The molecule has 14 heavy (non-hydrogen) atoms. The van der Waals surface area contributed by atoms with E-state index in [1.54, 1.807) is 13.3 Å². The van der Waals surface area contributed by atoms with Gasteiger partial charge in [-0.1, -0.05) is 11.3 Å². The molecule has 2 heterocycles. The zero-order chi connectivity index (χ0) is 9.97. The van der Waals surface area contributed by atoms with Crippen LogP contribution in [-0.2, 0) is 4.74 Å². The molecule has 78 valence electrons. The molecule has 0 bridgehead atoms. The molecule has 0 saturated carbocycles. The Kier molecular flexibility index (Phi) is 3.00. The van der Waals surface area contributed by atoms with Gasteiger partial charge in [0.2, 0.25) is 0 Å². The predicted octanol–water partition coefficient (Wildman–Crippen LogP) is 1.33. The van der Waals surface area contributed by atoms with Gasteiger partial charge in [0, 0.05) is 18.8 Å². The molecule has 0 aliphatic carbocycles. The third-order valence-corrected chi connectivity index (χ3v) is 3.35. The summed E-state index contributed by atoms with van der Waals surface area (Å²) in [7, 11) is 1.62. The van der Waals surface area contributed by atoms with Gasteiger partial charge in [-0.05, 0) is 12.8 Å². The van der Waals surface area contributed by atoms with E-state index in [9.17, 15) is 0 Å². The highest BCUT2D eigenvalue weighted by Gasteiger charge is 2.26. The average Bonchev–Trinajstić information content (AvgIpc) is 2.67. The molecule has 5 heteroatoms. The van der Waals surface area contributed by atoms with Gasteiger partial charge in [-0.15, -0.1) is 0 Å². The predicted molar refractivity (Wildman–Crippen MR) is 54.6 cm³/mol. The summed E-state index contributed by atoms with van der Waals surface area (Å²) in [5, 5.41) is 0.668. The van der Waals surface area contributed by atoms with Crippen molar-refractivity contribution in [3.63, 3.8) is 0 Å². The molecule has 2 unspecified atom stereocenters. The number of hydrogen-bond donors (Lipinski definition) is 1. The second-order valence-electron chi connectivity index (χ2n) is 3.33. The molecule has 2 atom stereocenters. The average molecular weight is 214 g/mol. The Morgan fingerprint density at radius 3 is 3.21 bits per heavy atom. The van der Waals surface area contributed by atoms with Crippen LogP contribution in [0, 0.1) is 0 Å². The SMILES string of the molecule is COc1ncc(C2OCCCC2N)s1. The van der Waals surface area contributed by atoms with Crippen LogP contribution in [0.5, 0.6) is 5.19 Å². The van der Waals surface area contributed by atoms with E-state index in [-0.39, 0.29) is 12.1 Å². The molecule has 1 fully saturated rings. The summed E-state index contributed by atoms with van der Waals surface area (Å²) in [5.41, 5.74) is 5.97. The van der Waals surface area contributed by atoms with Crippen LogP contribution in [0.1, 0.15) is 23.8 Å². The van der Waals surface area contributed by atoms with Gasteiger partial charge in [-0.3, -0.25) is 0 Å². The van der Waals surface area contributed by atoms with Crippen LogP contribution >= 0.6 is 11.3 Å². The summed E-state index contributed by atoms with van der Waals surface area (Å²) in [6.07, 6.45) is 3.86. The Balaban J connectivity index is 2.12. The highest BCUT2D eigenvalue weighted by Crippen LogP contribution is 2.33. The number of methoxy groups -OCH3 is 1. The monoisotopic (exact) mass is 214 g/mol. The smallest absolute Gasteiger partial charge is 0.273 e. The van der Waals surface area contributed by atoms with Crippen LogP contribution in [-0.4, -0.2) is 24.7 Å². The number of thiazole rings is 1. The Morgan fingerprint density at radius 2 is 2.57 bits per heavy atom. The third-order valence-electron chi connectivity index (χ3n) is 2.33. The van der Waals surface area contributed by atoms with Gasteiger partial charge in [0.15, 0.2) is 0 Å². The molecule has 1 aliphatic rings. The number of hydrogen-bond acceptors (Lipinski definition) is 5.